The molecule has 0 spiro atoms. The molecule has 0 unspecified atom stereocenters. The van der Waals surface area contributed by atoms with Crippen molar-refractivity contribution >= 4 is 38.6 Å². The van der Waals surface area contributed by atoms with E-state index in [2.05, 4.69) is 15.3 Å². The van der Waals surface area contributed by atoms with Gasteiger partial charge in [0.25, 0.3) is 5.91 Å². The lowest BCUT2D eigenvalue weighted by atomic mass is 10.2. The van der Waals surface area contributed by atoms with Gasteiger partial charge in [-0.25, -0.2) is 13.4 Å². The second kappa shape index (κ2) is 8.52. The van der Waals surface area contributed by atoms with Crippen LogP contribution in [0.1, 0.15) is 43.0 Å². The van der Waals surface area contributed by atoms with E-state index in [0.717, 1.165) is 11.0 Å². The minimum Gasteiger partial charge on any atom is -0.342 e. The van der Waals surface area contributed by atoms with Crippen LogP contribution in [-0.2, 0) is 10.0 Å². The van der Waals surface area contributed by atoms with Crippen LogP contribution in [0.5, 0.6) is 0 Å². The van der Waals surface area contributed by atoms with Crippen LogP contribution >= 0.6 is 11.6 Å². The quantitative estimate of drug-likeness (QED) is 0.592. The molecule has 1 atom stereocenters. The van der Waals surface area contributed by atoms with Gasteiger partial charge in [0, 0.05) is 18.7 Å². The van der Waals surface area contributed by atoms with E-state index in [9.17, 15) is 13.2 Å². The summed E-state index contributed by atoms with van der Waals surface area (Å²) in [5.41, 5.74) is 1.90. The van der Waals surface area contributed by atoms with Crippen molar-refractivity contribution in [1.82, 2.24) is 19.6 Å². The van der Waals surface area contributed by atoms with Gasteiger partial charge in [-0.2, -0.15) is 4.31 Å². The molecule has 0 bridgehead atoms. The fourth-order valence-corrected chi connectivity index (χ4v) is 5.03. The van der Waals surface area contributed by atoms with Crippen LogP contribution in [0, 0.1) is 0 Å². The van der Waals surface area contributed by atoms with Crippen molar-refractivity contribution in [2.24, 2.45) is 0 Å². The lowest BCUT2D eigenvalue weighted by Crippen LogP contribution is -2.31. The predicted octanol–water partition coefficient (Wildman–Crippen LogP) is 3.74. The molecule has 1 aromatic heterocycles. The highest BCUT2D eigenvalue weighted by atomic mass is 35.5. The number of benzene rings is 2. The fourth-order valence-electron chi connectivity index (χ4n) is 3.07. The minimum absolute atomic E-state index is 0.0769. The van der Waals surface area contributed by atoms with Crippen LogP contribution in [-0.4, -0.2) is 41.7 Å². The minimum atomic E-state index is -3.78. The number of amides is 1. The number of aromatic nitrogens is 2. The summed E-state index contributed by atoms with van der Waals surface area (Å²) in [7, 11) is -3.78. The summed E-state index contributed by atoms with van der Waals surface area (Å²) in [6.45, 7) is 5.93. The molecule has 3 rings (SSSR count). The molecule has 2 aromatic carbocycles. The van der Waals surface area contributed by atoms with E-state index in [1.54, 1.807) is 20.8 Å². The first kappa shape index (κ1) is 21.3. The number of H-pyrrole nitrogens is 1. The fraction of sp³-hybridized carbons (Fsp3) is 0.300. The summed E-state index contributed by atoms with van der Waals surface area (Å²) < 4.78 is 27.0. The Morgan fingerprint density at radius 2 is 1.90 bits per heavy atom. The van der Waals surface area contributed by atoms with Crippen molar-refractivity contribution < 1.29 is 13.2 Å². The van der Waals surface area contributed by atoms with E-state index in [1.807, 2.05) is 24.3 Å². The standard InChI is InChI=1S/C20H23ClN4O3S/c1-4-25(5-2)29(27,28)18-12-14(10-11-15(18)21)20(26)22-13(3)19-23-16-8-6-7-9-17(16)24-19/h6-13H,4-5H2,1-3H3,(H,22,26)(H,23,24)/t13-/m1/s1. The highest BCUT2D eigenvalue weighted by Gasteiger charge is 2.26. The number of rotatable bonds is 7. The molecule has 7 nitrogen and oxygen atoms in total. The maximum Gasteiger partial charge on any atom is 0.251 e. The summed E-state index contributed by atoms with van der Waals surface area (Å²) in [5.74, 6) is 0.204. The Bertz CT molecular complexity index is 1110. The highest BCUT2D eigenvalue weighted by molar-refractivity contribution is 7.89. The van der Waals surface area contributed by atoms with Crippen molar-refractivity contribution in [2.75, 3.05) is 13.1 Å². The molecule has 154 valence electrons. The average molecular weight is 435 g/mol. The Labute approximate surface area is 175 Å². The Balaban J connectivity index is 1.86. The van der Waals surface area contributed by atoms with Gasteiger partial charge in [0.05, 0.1) is 22.1 Å². The number of para-hydroxylation sites is 2. The van der Waals surface area contributed by atoms with Crippen LogP contribution in [0.25, 0.3) is 11.0 Å². The molecule has 0 aliphatic carbocycles. The normalized spacial score (nSPS) is 13.0. The third-order valence-electron chi connectivity index (χ3n) is 4.68. The third kappa shape index (κ3) is 4.29. The Morgan fingerprint density at radius 3 is 2.55 bits per heavy atom. The number of hydrogen-bond acceptors (Lipinski definition) is 4. The smallest absolute Gasteiger partial charge is 0.251 e. The summed E-state index contributed by atoms with van der Waals surface area (Å²) in [4.78, 5) is 20.3. The van der Waals surface area contributed by atoms with Crippen LogP contribution in [0.3, 0.4) is 0 Å². The molecule has 1 heterocycles. The number of halogens is 1. The molecule has 0 saturated carbocycles. The van der Waals surface area contributed by atoms with Crippen molar-refractivity contribution in [1.29, 1.82) is 0 Å². The van der Waals surface area contributed by atoms with Gasteiger partial charge < -0.3 is 10.3 Å². The summed E-state index contributed by atoms with van der Waals surface area (Å²) in [5, 5.41) is 2.93. The van der Waals surface area contributed by atoms with Gasteiger partial charge in [-0.1, -0.05) is 37.6 Å². The first-order valence-corrected chi connectivity index (χ1v) is 11.1. The second-order valence-corrected chi connectivity index (χ2v) is 8.88. The van der Waals surface area contributed by atoms with E-state index in [0.29, 0.717) is 18.9 Å². The number of sulfonamides is 1. The molecule has 0 radical (unpaired) electrons. The van der Waals surface area contributed by atoms with Gasteiger partial charge in [0.15, 0.2) is 0 Å². The number of carbonyl (C=O) groups excluding carboxylic acids is 1. The van der Waals surface area contributed by atoms with Crippen LogP contribution in [0.4, 0.5) is 0 Å². The first-order valence-electron chi connectivity index (χ1n) is 9.33. The van der Waals surface area contributed by atoms with Gasteiger partial charge >= 0.3 is 0 Å². The Kier molecular flexibility index (Phi) is 6.26. The maximum atomic E-state index is 12.8. The van der Waals surface area contributed by atoms with Gasteiger partial charge in [-0.15, -0.1) is 0 Å². The number of fused-ring (bicyclic) bond motifs is 1. The summed E-state index contributed by atoms with van der Waals surface area (Å²) >= 11 is 6.14. The van der Waals surface area contributed by atoms with Gasteiger partial charge in [0.1, 0.15) is 10.7 Å². The van der Waals surface area contributed by atoms with Crippen molar-refractivity contribution in [2.45, 2.75) is 31.7 Å². The predicted molar refractivity (Wildman–Crippen MR) is 114 cm³/mol. The number of carbonyl (C=O) groups is 1. The van der Waals surface area contributed by atoms with Gasteiger partial charge in [-0.3, -0.25) is 4.79 Å². The topological polar surface area (TPSA) is 95.2 Å². The first-order chi connectivity index (χ1) is 13.8. The van der Waals surface area contributed by atoms with Crippen molar-refractivity contribution in [3.8, 4) is 0 Å². The maximum absolute atomic E-state index is 12.8. The van der Waals surface area contributed by atoms with E-state index < -0.39 is 22.0 Å². The van der Waals surface area contributed by atoms with E-state index in [-0.39, 0.29) is 15.5 Å². The molecule has 1 amide bonds. The van der Waals surface area contributed by atoms with Crippen molar-refractivity contribution in [3.63, 3.8) is 0 Å². The van der Waals surface area contributed by atoms with Gasteiger partial charge in [-0.05, 0) is 37.3 Å². The van der Waals surface area contributed by atoms with Crippen LogP contribution < -0.4 is 5.32 Å². The van der Waals surface area contributed by atoms with Crippen LogP contribution in [0.2, 0.25) is 5.02 Å². The third-order valence-corrected chi connectivity index (χ3v) is 7.21. The number of imidazole rings is 1. The summed E-state index contributed by atoms with van der Waals surface area (Å²) in [6, 6.07) is 11.4. The number of nitrogens with zero attached hydrogens (tertiary/aromatic N) is 2. The molecular weight excluding hydrogens is 412 g/mol. The molecule has 9 heteroatoms. The Morgan fingerprint density at radius 1 is 1.21 bits per heavy atom. The molecule has 0 saturated heterocycles. The zero-order chi connectivity index (χ0) is 21.2. The SMILES string of the molecule is CCN(CC)S(=O)(=O)c1cc(C(=O)N[C@H](C)c2nc3ccccc3[nH]2)ccc1Cl. The summed E-state index contributed by atoms with van der Waals surface area (Å²) in [6.07, 6.45) is 0. The van der Waals surface area contributed by atoms with E-state index in [1.165, 1.54) is 22.5 Å². The Hall–Kier alpha value is -2.42. The van der Waals surface area contributed by atoms with E-state index >= 15 is 0 Å². The van der Waals surface area contributed by atoms with E-state index in [4.69, 9.17) is 11.6 Å². The molecule has 0 aliphatic heterocycles. The van der Waals surface area contributed by atoms with Gasteiger partial charge in [0.2, 0.25) is 10.0 Å². The zero-order valence-electron chi connectivity index (χ0n) is 16.4. The lowest BCUT2D eigenvalue weighted by Gasteiger charge is -2.20. The molecule has 0 fully saturated rings. The number of aromatic amines is 1. The zero-order valence-corrected chi connectivity index (χ0v) is 18.0. The van der Waals surface area contributed by atoms with Crippen LogP contribution in [0.15, 0.2) is 47.4 Å². The average Bonchev–Trinajstić information content (AvgIpc) is 3.13. The molecule has 2 N–H and O–H groups in total. The lowest BCUT2D eigenvalue weighted by molar-refractivity contribution is 0.0938. The highest BCUT2D eigenvalue weighted by Crippen LogP contribution is 2.26. The largest absolute Gasteiger partial charge is 0.342 e. The molecular formula is C20H23ClN4O3S. The monoisotopic (exact) mass is 434 g/mol. The molecule has 0 aliphatic rings. The number of hydrogen-bond donors (Lipinski definition) is 2. The second-order valence-electron chi connectivity index (χ2n) is 6.57. The number of nitrogens with one attached hydrogen (secondary N) is 2. The molecule has 29 heavy (non-hydrogen) atoms. The van der Waals surface area contributed by atoms with Crippen molar-refractivity contribution in [3.05, 3.63) is 58.9 Å². The molecule has 3 aromatic rings.